The van der Waals surface area contributed by atoms with Gasteiger partial charge >= 0.3 is 0 Å². The molecule has 0 aromatic heterocycles. The molecule has 18 heavy (non-hydrogen) atoms. The van der Waals surface area contributed by atoms with Crippen molar-refractivity contribution in [3.63, 3.8) is 0 Å². The first-order valence-corrected chi connectivity index (χ1v) is 7.34. The average Bonchev–Trinajstić information content (AvgIpc) is 2.40. The molecular weight excluding hydrogens is 220 g/mol. The van der Waals surface area contributed by atoms with Crippen molar-refractivity contribution in [3.05, 3.63) is 35.9 Å². The van der Waals surface area contributed by atoms with Crippen LogP contribution >= 0.6 is 0 Å². The van der Waals surface area contributed by atoms with E-state index in [2.05, 4.69) is 51.1 Å². The van der Waals surface area contributed by atoms with E-state index < -0.39 is 0 Å². The van der Waals surface area contributed by atoms with Crippen LogP contribution in [0.2, 0.25) is 0 Å². The zero-order valence-electron chi connectivity index (χ0n) is 12.1. The third-order valence-corrected chi connectivity index (χ3v) is 4.12. The fourth-order valence-electron chi connectivity index (χ4n) is 2.66. The van der Waals surface area contributed by atoms with E-state index in [9.17, 15) is 5.11 Å². The van der Waals surface area contributed by atoms with Crippen LogP contribution in [0.25, 0.3) is 0 Å². The van der Waals surface area contributed by atoms with Crippen LogP contribution in [0, 0.1) is 11.8 Å². The first-order valence-electron chi connectivity index (χ1n) is 7.34. The maximum atomic E-state index is 9.51. The minimum absolute atomic E-state index is 0.336. The Balaban J connectivity index is 2.43. The van der Waals surface area contributed by atoms with E-state index in [0.29, 0.717) is 24.4 Å². The number of hydrogen-bond donors (Lipinski definition) is 1. The van der Waals surface area contributed by atoms with Crippen LogP contribution in [-0.4, -0.2) is 11.7 Å². The number of aliphatic hydroxyl groups is 1. The minimum atomic E-state index is 0.336. The molecule has 0 bridgehead atoms. The normalized spacial score (nSPS) is 16.2. The van der Waals surface area contributed by atoms with Crippen molar-refractivity contribution in [1.82, 2.24) is 0 Å². The Bertz CT molecular complexity index is 307. The molecule has 0 heterocycles. The number of benzene rings is 1. The first-order chi connectivity index (χ1) is 8.69. The van der Waals surface area contributed by atoms with Crippen molar-refractivity contribution in [3.8, 4) is 0 Å². The molecule has 0 saturated carbocycles. The zero-order valence-corrected chi connectivity index (χ0v) is 12.1. The van der Waals surface area contributed by atoms with Gasteiger partial charge in [-0.3, -0.25) is 0 Å². The van der Waals surface area contributed by atoms with E-state index in [1.807, 2.05) is 0 Å². The Morgan fingerprint density at radius 3 is 2.22 bits per heavy atom. The fraction of sp³-hybridized carbons (Fsp3) is 0.647. The van der Waals surface area contributed by atoms with Crippen molar-refractivity contribution in [2.75, 3.05) is 6.61 Å². The molecule has 0 fully saturated rings. The summed E-state index contributed by atoms with van der Waals surface area (Å²) in [6, 6.07) is 10.7. The minimum Gasteiger partial charge on any atom is -0.396 e. The highest BCUT2D eigenvalue weighted by atomic mass is 16.3. The lowest BCUT2D eigenvalue weighted by atomic mass is 9.84. The van der Waals surface area contributed by atoms with Crippen LogP contribution in [0.15, 0.2) is 30.3 Å². The van der Waals surface area contributed by atoms with Gasteiger partial charge in [0.1, 0.15) is 0 Å². The summed E-state index contributed by atoms with van der Waals surface area (Å²) in [5.74, 6) is 1.70. The van der Waals surface area contributed by atoms with Crippen LogP contribution in [0.5, 0.6) is 0 Å². The molecule has 0 aliphatic heterocycles. The highest BCUT2D eigenvalue weighted by molar-refractivity contribution is 5.18. The van der Waals surface area contributed by atoms with Gasteiger partial charge in [0.25, 0.3) is 0 Å². The molecule has 1 rings (SSSR count). The quantitative estimate of drug-likeness (QED) is 0.712. The second-order valence-corrected chi connectivity index (χ2v) is 5.60. The predicted octanol–water partition coefficient (Wildman–Crippen LogP) is 4.62. The van der Waals surface area contributed by atoms with E-state index in [-0.39, 0.29) is 0 Å². The van der Waals surface area contributed by atoms with Crippen molar-refractivity contribution >= 4 is 0 Å². The van der Waals surface area contributed by atoms with Crippen LogP contribution in [-0.2, 0) is 0 Å². The van der Waals surface area contributed by atoms with Gasteiger partial charge in [0.2, 0.25) is 0 Å². The third kappa shape index (κ3) is 4.81. The standard InChI is InChI=1S/C17H28O/c1-4-8-14(2)17(13-18)12-11-15(3)16-9-6-5-7-10-16/h5-7,9-10,14-15,17-18H,4,8,11-13H2,1-3H3. The Kier molecular flexibility index (Phi) is 7.04. The summed E-state index contributed by atoms with van der Waals surface area (Å²) < 4.78 is 0. The summed E-state index contributed by atoms with van der Waals surface area (Å²) in [7, 11) is 0. The molecule has 1 aromatic carbocycles. The van der Waals surface area contributed by atoms with Gasteiger partial charge in [0.05, 0.1) is 0 Å². The molecular formula is C17H28O. The lowest BCUT2D eigenvalue weighted by Crippen LogP contribution is -2.16. The van der Waals surface area contributed by atoms with Gasteiger partial charge in [-0.2, -0.15) is 0 Å². The third-order valence-electron chi connectivity index (χ3n) is 4.12. The van der Waals surface area contributed by atoms with Crippen LogP contribution in [0.1, 0.15) is 57.9 Å². The largest absolute Gasteiger partial charge is 0.396 e. The predicted molar refractivity (Wildman–Crippen MR) is 78.7 cm³/mol. The van der Waals surface area contributed by atoms with Crippen molar-refractivity contribution in [2.45, 2.75) is 52.4 Å². The fourth-order valence-corrected chi connectivity index (χ4v) is 2.66. The first kappa shape index (κ1) is 15.2. The van der Waals surface area contributed by atoms with Gasteiger partial charge < -0.3 is 5.11 Å². The maximum absolute atomic E-state index is 9.51. The molecule has 1 heteroatoms. The van der Waals surface area contributed by atoms with Gasteiger partial charge in [-0.05, 0) is 36.2 Å². The summed E-state index contributed by atoms with van der Waals surface area (Å²) >= 11 is 0. The van der Waals surface area contributed by atoms with Gasteiger partial charge in [-0.25, -0.2) is 0 Å². The van der Waals surface area contributed by atoms with E-state index in [4.69, 9.17) is 0 Å². The van der Waals surface area contributed by atoms with E-state index >= 15 is 0 Å². The van der Waals surface area contributed by atoms with Crippen LogP contribution < -0.4 is 0 Å². The van der Waals surface area contributed by atoms with Gasteiger partial charge in [-0.15, -0.1) is 0 Å². The molecule has 1 N–H and O–H groups in total. The summed E-state index contributed by atoms with van der Waals surface area (Å²) in [4.78, 5) is 0. The summed E-state index contributed by atoms with van der Waals surface area (Å²) in [6.07, 6.45) is 4.74. The lowest BCUT2D eigenvalue weighted by Gasteiger charge is -2.23. The van der Waals surface area contributed by atoms with Crippen molar-refractivity contribution in [2.24, 2.45) is 11.8 Å². The van der Waals surface area contributed by atoms with E-state index in [1.54, 1.807) is 0 Å². The molecule has 102 valence electrons. The monoisotopic (exact) mass is 248 g/mol. The molecule has 0 aliphatic rings. The van der Waals surface area contributed by atoms with Crippen molar-refractivity contribution in [1.29, 1.82) is 0 Å². The smallest absolute Gasteiger partial charge is 0.0461 e. The van der Waals surface area contributed by atoms with Crippen molar-refractivity contribution < 1.29 is 5.11 Å². The highest BCUT2D eigenvalue weighted by Gasteiger charge is 2.17. The molecule has 0 aliphatic carbocycles. The number of rotatable bonds is 8. The Hall–Kier alpha value is -0.820. The van der Waals surface area contributed by atoms with E-state index in [0.717, 1.165) is 6.42 Å². The number of hydrogen-bond acceptors (Lipinski definition) is 1. The van der Waals surface area contributed by atoms with Crippen LogP contribution in [0.3, 0.4) is 0 Å². The topological polar surface area (TPSA) is 20.2 Å². The molecule has 0 saturated heterocycles. The van der Waals surface area contributed by atoms with Gasteiger partial charge in [0, 0.05) is 6.61 Å². The molecule has 3 atom stereocenters. The highest BCUT2D eigenvalue weighted by Crippen LogP contribution is 2.27. The SMILES string of the molecule is CCCC(C)C(CO)CCC(C)c1ccccc1. The molecule has 1 nitrogen and oxygen atoms in total. The second-order valence-electron chi connectivity index (χ2n) is 5.60. The van der Waals surface area contributed by atoms with Crippen LogP contribution in [0.4, 0.5) is 0 Å². The summed E-state index contributed by atoms with van der Waals surface area (Å²) in [5.41, 5.74) is 1.41. The van der Waals surface area contributed by atoms with E-state index in [1.165, 1.54) is 24.8 Å². The van der Waals surface area contributed by atoms with Gasteiger partial charge in [0.15, 0.2) is 0 Å². The number of aliphatic hydroxyl groups excluding tert-OH is 1. The zero-order chi connectivity index (χ0) is 13.4. The molecule has 0 amide bonds. The Labute approximate surface area is 112 Å². The maximum Gasteiger partial charge on any atom is 0.0461 e. The lowest BCUT2D eigenvalue weighted by molar-refractivity contribution is 0.164. The Morgan fingerprint density at radius 2 is 1.67 bits per heavy atom. The summed E-state index contributed by atoms with van der Waals surface area (Å²) in [5, 5.41) is 9.51. The average molecular weight is 248 g/mol. The van der Waals surface area contributed by atoms with Gasteiger partial charge in [-0.1, -0.05) is 63.9 Å². The molecule has 1 aromatic rings. The molecule has 0 radical (unpaired) electrons. The molecule has 3 unspecified atom stereocenters. The Morgan fingerprint density at radius 1 is 1.00 bits per heavy atom. The second kappa shape index (κ2) is 8.31. The summed E-state index contributed by atoms with van der Waals surface area (Å²) in [6.45, 7) is 7.12. The molecule has 0 spiro atoms.